The first-order valence-electron chi connectivity index (χ1n) is 26.4. The van der Waals surface area contributed by atoms with Gasteiger partial charge in [0.25, 0.3) is 0 Å². The molecule has 0 atom stereocenters. The highest BCUT2D eigenvalue weighted by atomic mass is 14.9. The summed E-state index contributed by atoms with van der Waals surface area (Å²) in [7, 11) is 0. The lowest BCUT2D eigenvalue weighted by Gasteiger charge is -2.26. The molecule has 5 nitrogen and oxygen atoms in total. The summed E-state index contributed by atoms with van der Waals surface area (Å²) in [5.74, 6) is 0. The molecule has 0 saturated heterocycles. The van der Waals surface area contributed by atoms with Crippen molar-refractivity contribution in [1.82, 2.24) is 19.9 Å². The van der Waals surface area contributed by atoms with E-state index in [-0.39, 0.29) is 32.5 Å². The molecule has 0 radical (unpaired) electrons. The molecule has 0 unspecified atom stereocenters. The number of benzene rings is 4. The number of rotatable bonds is 5. The Morgan fingerprint density at radius 1 is 0.356 bits per heavy atom. The molecule has 376 valence electrons. The summed E-state index contributed by atoms with van der Waals surface area (Å²) < 4.78 is 0. The van der Waals surface area contributed by atoms with Gasteiger partial charge in [-0.2, -0.15) is 0 Å². The summed E-state index contributed by atoms with van der Waals surface area (Å²) in [5, 5.41) is 3.79. The van der Waals surface area contributed by atoms with Gasteiger partial charge in [-0.3, -0.25) is 0 Å². The summed E-state index contributed by atoms with van der Waals surface area (Å²) in [6.45, 7) is 41.6. The summed E-state index contributed by atoms with van der Waals surface area (Å²) >= 11 is 0. The van der Waals surface area contributed by atoms with Crippen molar-refractivity contribution in [3.63, 3.8) is 0 Å². The van der Waals surface area contributed by atoms with Crippen molar-refractivity contribution in [3.8, 4) is 33.4 Å². The standard InChI is InChI=1S/C68H79N5/c1-63(2,3)44-30-41(31-45(36-44)64(4,5)6)60-52-25-24-51(70-52)39-57-58(69-50-22-20-19-21-23-50)40-59(73-57)62(43-34-48(67(13,14)15)38-49(35-43)68(16,17)18)56-29-28-55(72-56)61(54-27-26-53(60)71-54)42-32-46(65(7,8)9)37-47(33-42)66(10,11)12/h19-40,69-70,72H,1-18H3. The zero-order valence-corrected chi connectivity index (χ0v) is 47.1. The maximum Gasteiger partial charge on any atom is 0.0893 e. The summed E-state index contributed by atoms with van der Waals surface area (Å²) in [6.07, 6.45) is 6.70. The van der Waals surface area contributed by atoms with Crippen molar-refractivity contribution in [2.75, 3.05) is 5.32 Å². The first-order chi connectivity index (χ1) is 33.9. The van der Waals surface area contributed by atoms with Gasteiger partial charge in [-0.05, 0) is 143 Å². The van der Waals surface area contributed by atoms with Crippen LogP contribution in [0.5, 0.6) is 0 Å². The number of nitrogens with one attached hydrogen (secondary N) is 3. The SMILES string of the molecule is CC(C)(C)c1cc(-c2c3nc(c(-c4cc(C(C)(C)C)cc(C(C)(C)C)c4)c4ccc([nH]4)c(-c4cc(C(C)(C)C)cc(C(C)(C)C)c4)c4nc(cc5ccc2[nH]5)C(Nc2ccccc2)=C4)C=C3)cc(C(C)(C)C)c1. The number of nitrogens with zero attached hydrogens (tertiary/aromatic N) is 2. The van der Waals surface area contributed by atoms with Gasteiger partial charge in [-0.25, -0.2) is 9.97 Å². The Kier molecular flexibility index (Phi) is 12.7. The highest BCUT2D eigenvalue weighted by molar-refractivity contribution is 6.00. The Hall–Kier alpha value is -6.72. The fourth-order valence-corrected chi connectivity index (χ4v) is 9.80. The first-order valence-corrected chi connectivity index (χ1v) is 26.4. The van der Waals surface area contributed by atoms with Gasteiger partial charge >= 0.3 is 0 Å². The van der Waals surface area contributed by atoms with Crippen LogP contribution in [0.2, 0.25) is 0 Å². The van der Waals surface area contributed by atoms with E-state index in [0.29, 0.717) is 0 Å². The van der Waals surface area contributed by atoms with Gasteiger partial charge in [0.2, 0.25) is 0 Å². The number of hydrogen-bond acceptors (Lipinski definition) is 3. The summed E-state index contributed by atoms with van der Waals surface area (Å²) in [6, 6.07) is 43.1. The molecule has 8 bridgehead atoms. The van der Waals surface area contributed by atoms with Gasteiger partial charge in [-0.15, -0.1) is 0 Å². The predicted molar refractivity (Wildman–Crippen MR) is 316 cm³/mol. The van der Waals surface area contributed by atoms with Gasteiger partial charge in [-0.1, -0.05) is 197 Å². The van der Waals surface area contributed by atoms with Crippen LogP contribution < -0.4 is 5.32 Å². The number of anilines is 1. The van der Waals surface area contributed by atoms with Crippen LogP contribution in [0.25, 0.3) is 79.4 Å². The fourth-order valence-electron chi connectivity index (χ4n) is 9.80. The Morgan fingerprint density at radius 3 is 1.10 bits per heavy atom. The highest BCUT2D eigenvalue weighted by Crippen LogP contribution is 2.43. The van der Waals surface area contributed by atoms with Crippen molar-refractivity contribution in [1.29, 1.82) is 0 Å². The zero-order chi connectivity index (χ0) is 52.8. The molecule has 0 saturated carbocycles. The van der Waals surface area contributed by atoms with Gasteiger partial charge in [0.05, 0.1) is 28.5 Å². The lowest BCUT2D eigenvalue weighted by atomic mass is 9.78. The Bertz CT molecular complexity index is 3410. The monoisotopic (exact) mass is 966 g/mol. The predicted octanol–water partition coefficient (Wildman–Crippen LogP) is 18.9. The van der Waals surface area contributed by atoms with Crippen molar-refractivity contribution >= 4 is 51.7 Å². The first kappa shape index (κ1) is 51.2. The molecule has 9 rings (SSSR count). The number of para-hydroxylation sites is 1. The molecule has 3 aromatic heterocycles. The van der Waals surface area contributed by atoms with Gasteiger partial charge in [0, 0.05) is 44.4 Å². The normalized spacial score (nSPS) is 13.6. The van der Waals surface area contributed by atoms with Crippen molar-refractivity contribution in [2.45, 2.75) is 157 Å². The van der Waals surface area contributed by atoms with Crippen LogP contribution in [0.4, 0.5) is 5.69 Å². The molecule has 5 heteroatoms. The summed E-state index contributed by atoms with van der Waals surface area (Å²) in [5.41, 5.74) is 23.1. The second kappa shape index (κ2) is 18.0. The third-order valence-corrected chi connectivity index (χ3v) is 14.6. The molecule has 4 aromatic carbocycles. The molecular weight excluding hydrogens is 887 g/mol. The molecule has 2 aliphatic heterocycles. The number of H-pyrrole nitrogens is 2. The molecule has 5 heterocycles. The minimum Gasteiger partial charge on any atom is -0.355 e. The Morgan fingerprint density at radius 2 is 0.712 bits per heavy atom. The van der Waals surface area contributed by atoms with E-state index in [1.165, 1.54) is 33.4 Å². The van der Waals surface area contributed by atoms with Gasteiger partial charge in [0.1, 0.15) is 0 Å². The van der Waals surface area contributed by atoms with Crippen molar-refractivity contribution in [2.24, 2.45) is 0 Å². The zero-order valence-electron chi connectivity index (χ0n) is 47.1. The third kappa shape index (κ3) is 10.7. The van der Waals surface area contributed by atoms with Gasteiger partial charge < -0.3 is 15.3 Å². The van der Waals surface area contributed by atoms with Crippen LogP contribution in [-0.4, -0.2) is 19.9 Å². The van der Waals surface area contributed by atoms with E-state index in [9.17, 15) is 0 Å². The topological polar surface area (TPSA) is 69.4 Å². The lowest BCUT2D eigenvalue weighted by Crippen LogP contribution is -2.16. The fraction of sp³-hybridized carbons (Fsp3) is 0.353. The minimum atomic E-state index is -0.0945. The van der Waals surface area contributed by atoms with Gasteiger partial charge in [0.15, 0.2) is 0 Å². The van der Waals surface area contributed by atoms with Crippen LogP contribution in [0.15, 0.2) is 115 Å². The second-order valence-electron chi connectivity index (χ2n) is 26.9. The lowest BCUT2D eigenvalue weighted by molar-refractivity contribution is 0.568. The van der Waals surface area contributed by atoms with E-state index < -0.39 is 0 Å². The van der Waals surface area contributed by atoms with Crippen LogP contribution in [0.1, 0.15) is 181 Å². The molecule has 7 aromatic rings. The Balaban J connectivity index is 1.49. The van der Waals surface area contributed by atoms with E-state index >= 15 is 0 Å². The minimum absolute atomic E-state index is 0.0785. The maximum atomic E-state index is 5.76. The molecular formula is C68H79N5. The van der Waals surface area contributed by atoms with Crippen molar-refractivity contribution in [3.05, 3.63) is 171 Å². The van der Waals surface area contributed by atoms with E-state index in [2.05, 4.69) is 273 Å². The number of aromatic nitrogens is 4. The number of hydrogen-bond donors (Lipinski definition) is 3. The van der Waals surface area contributed by atoms with Crippen LogP contribution in [-0.2, 0) is 32.5 Å². The molecule has 0 aliphatic carbocycles. The molecule has 0 amide bonds. The van der Waals surface area contributed by atoms with E-state index in [0.717, 1.165) is 89.6 Å². The Labute approximate surface area is 436 Å². The third-order valence-electron chi connectivity index (χ3n) is 14.6. The summed E-state index contributed by atoms with van der Waals surface area (Å²) in [4.78, 5) is 19.4. The maximum absolute atomic E-state index is 5.76. The van der Waals surface area contributed by atoms with E-state index in [1.54, 1.807) is 0 Å². The number of aromatic amines is 2. The largest absolute Gasteiger partial charge is 0.355 e. The van der Waals surface area contributed by atoms with Crippen molar-refractivity contribution < 1.29 is 0 Å². The smallest absolute Gasteiger partial charge is 0.0893 e. The average molecular weight is 966 g/mol. The van der Waals surface area contributed by atoms with E-state index in [1.807, 2.05) is 0 Å². The molecule has 0 fully saturated rings. The molecule has 3 N–H and O–H groups in total. The van der Waals surface area contributed by atoms with Crippen LogP contribution in [0, 0.1) is 0 Å². The second-order valence-corrected chi connectivity index (χ2v) is 26.9. The molecule has 73 heavy (non-hydrogen) atoms. The molecule has 2 aliphatic rings. The number of fused-ring (bicyclic) bond motifs is 8. The highest BCUT2D eigenvalue weighted by Gasteiger charge is 2.28. The average Bonchev–Trinajstić information content (AvgIpc) is 4.12. The van der Waals surface area contributed by atoms with E-state index in [4.69, 9.17) is 9.97 Å². The quantitative estimate of drug-likeness (QED) is 0.161. The molecule has 0 spiro atoms. The van der Waals surface area contributed by atoms with Crippen LogP contribution >= 0.6 is 0 Å². The van der Waals surface area contributed by atoms with Crippen LogP contribution in [0.3, 0.4) is 0 Å².